The monoisotopic (exact) mass is 642 g/mol. The summed E-state index contributed by atoms with van der Waals surface area (Å²) in [6.07, 6.45) is 2.80. The Morgan fingerprint density at radius 3 is 2.04 bits per heavy atom. The van der Waals surface area contributed by atoms with Crippen LogP contribution in [0.25, 0.3) is 10.9 Å². The number of carbonyl (C=O) groups is 6. The van der Waals surface area contributed by atoms with E-state index in [0.29, 0.717) is 19.3 Å². The van der Waals surface area contributed by atoms with Gasteiger partial charge in [0.2, 0.25) is 29.5 Å². The molecule has 0 bridgehead atoms. The van der Waals surface area contributed by atoms with Crippen LogP contribution < -0.4 is 21.7 Å². The lowest BCUT2D eigenvalue weighted by atomic mass is 9.94. The molecule has 0 aliphatic heterocycles. The van der Waals surface area contributed by atoms with E-state index in [9.17, 15) is 33.9 Å². The Hall–Kier alpha value is -4.42. The van der Waals surface area contributed by atoms with Gasteiger partial charge in [-0.2, -0.15) is 0 Å². The van der Waals surface area contributed by atoms with Gasteiger partial charge < -0.3 is 36.7 Å². The summed E-state index contributed by atoms with van der Waals surface area (Å²) < 4.78 is 0. The van der Waals surface area contributed by atoms with E-state index in [1.54, 1.807) is 20.0 Å². The molecular formula is C33H50N6O7. The number of primary amides is 1. The first-order chi connectivity index (χ1) is 21.7. The largest absolute Gasteiger partial charge is 0.481 e. The summed E-state index contributed by atoms with van der Waals surface area (Å²) >= 11 is 0. The predicted octanol–water partition coefficient (Wildman–Crippen LogP) is 2.23. The summed E-state index contributed by atoms with van der Waals surface area (Å²) in [5, 5.41) is 18.4. The van der Waals surface area contributed by atoms with Gasteiger partial charge in [0.05, 0.1) is 0 Å². The number of aromatic nitrogens is 1. The SMILES string of the molecule is CCCN(C(=O)[C@H](Cc1c[nH]c2ccccc12)NC(=O)[C@@H](NC(=O)[C@@H](NC(C)=O)C(C)CC)C(C)CC)[C@@H](CCC(=O)O)C(N)=O. The number of H-pyrrole nitrogens is 1. The average Bonchev–Trinajstić information content (AvgIpc) is 3.42. The Labute approximate surface area is 270 Å². The van der Waals surface area contributed by atoms with Crippen LogP contribution in [0.1, 0.15) is 79.2 Å². The van der Waals surface area contributed by atoms with Crippen LogP contribution in [0.2, 0.25) is 0 Å². The first-order valence-corrected chi connectivity index (χ1v) is 16.0. The Kier molecular flexibility index (Phi) is 14.7. The second-order valence-corrected chi connectivity index (χ2v) is 11.9. The molecule has 1 aromatic heterocycles. The van der Waals surface area contributed by atoms with Gasteiger partial charge in [-0.05, 0) is 36.3 Å². The van der Waals surface area contributed by atoms with Crippen molar-refractivity contribution in [2.45, 2.75) is 104 Å². The van der Waals surface area contributed by atoms with E-state index >= 15 is 0 Å². The molecule has 1 aromatic carbocycles. The number of aliphatic carboxylic acids is 1. The van der Waals surface area contributed by atoms with E-state index in [0.717, 1.165) is 16.5 Å². The third kappa shape index (κ3) is 10.3. The third-order valence-corrected chi connectivity index (χ3v) is 8.44. The minimum atomic E-state index is -1.20. The average molecular weight is 643 g/mol. The van der Waals surface area contributed by atoms with Crippen LogP contribution in [-0.4, -0.2) is 81.2 Å². The van der Waals surface area contributed by atoms with Crippen LogP contribution >= 0.6 is 0 Å². The summed E-state index contributed by atoms with van der Waals surface area (Å²) in [5.41, 5.74) is 7.23. The smallest absolute Gasteiger partial charge is 0.303 e. The van der Waals surface area contributed by atoms with Crippen LogP contribution in [-0.2, 0) is 35.2 Å². The topological polar surface area (TPSA) is 204 Å². The standard InChI is InChI=1S/C33H50N6O7/c1-7-16-39(26(30(34)43)14-15-27(41)42)33(46)25(17-22-18-35-24-13-11-10-12-23(22)24)37-31(44)29(20(5)9-3)38-32(45)28(19(4)8-2)36-21(6)40/h10-13,18-20,25-26,28-29,35H,7-9,14-17H2,1-6H3,(H2,34,43)(H,36,40)(H,37,44)(H,38,45)(H,41,42)/t19?,20?,25-,26-,28-,29-/m0/s1. The van der Waals surface area contributed by atoms with Crippen molar-refractivity contribution in [3.63, 3.8) is 0 Å². The molecule has 6 atom stereocenters. The third-order valence-electron chi connectivity index (χ3n) is 8.44. The molecule has 0 radical (unpaired) electrons. The van der Waals surface area contributed by atoms with Gasteiger partial charge in [-0.15, -0.1) is 0 Å². The highest BCUT2D eigenvalue weighted by Gasteiger charge is 2.37. The van der Waals surface area contributed by atoms with Gasteiger partial charge in [0, 0.05) is 43.4 Å². The molecule has 0 spiro atoms. The number of rotatable bonds is 19. The van der Waals surface area contributed by atoms with Gasteiger partial charge in [-0.3, -0.25) is 28.8 Å². The molecule has 13 heteroatoms. The highest BCUT2D eigenvalue weighted by Crippen LogP contribution is 2.21. The summed E-state index contributed by atoms with van der Waals surface area (Å²) in [6, 6.07) is 3.18. The quantitative estimate of drug-likeness (QED) is 0.135. The number of aromatic amines is 1. The molecule has 13 nitrogen and oxygen atoms in total. The molecule has 0 aliphatic rings. The second-order valence-electron chi connectivity index (χ2n) is 11.9. The van der Waals surface area contributed by atoms with Crippen molar-refractivity contribution < 1.29 is 33.9 Å². The zero-order valence-corrected chi connectivity index (χ0v) is 27.7. The minimum Gasteiger partial charge on any atom is -0.481 e. The zero-order valence-electron chi connectivity index (χ0n) is 27.7. The number of nitrogens with two attached hydrogens (primary N) is 1. The van der Waals surface area contributed by atoms with Gasteiger partial charge in [-0.1, -0.05) is 65.7 Å². The van der Waals surface area contributed by atoms with Crippen molar-refractivity contribution in [1.29, 1.82) is 0 Å². The van der Waals surface area contributed by atoms with Crippen LogP contribution in [0.5, 0.6) is 0 Å². The number of carbonyl (C=O) groups excluding carboxylic acids is 5. The molecule has 0 aliphatic carbocycles. The molecule has 0 saturated carbocycles. The summed E-state index contributed by atoms with van der Waals surface area (Å²) in [6.45, 7) is 10.6. The number of hydrogen-bond acceptors (Lipinski definition) is 6. The number of carboxylic acid groups (broad SMARTS) is 1. The molecule has 2 aromatic rings. The molecule has 5 amide bonds. The van der Waals surface area contributed by atoms with Crippen LogP contribution in [0.3, 0.4) is 0 Å². The number of nitrogens with one attached hydrogen (secondary N) is 4. The molecular weight excluding hydrogens is 592 g/mol. The molecule has 7 N–H and O–H groups in total. The maximum Gasteiger partial charge on any atom is 0.303 e. The van der Waals surface area contributed by atoms with Crippen molar-refractivity contribution >= 4 is 46.4 Å². The predicted molar refractivity (Wildman–Crippen MR) is 174 cm³/mol. The molecule has 254 valence electrons. The molecule has 0 saturated heterocycles. The summed E-state index contributed by atoms with van der Waals surface area (Å²) in [7, 11) is 0. The van der Waals surface area contributed by atoms with Gasteiger partial charge in [0.25, 0.3) is 0 Å². The maximum absolute atomic E-state index is 14.3. The first-order valence-electron chi connectivity index (χ1n) is 16.0. The van der Waals surface area contributed by atoms with E-state index in [4.69, 9.17) is 5.73 Å². The number of fused-ring (bicyclic) bond motifs is 1. The second kappa shape index (κ2) is 17.9. The van der Waals surface area contributed by atoms with Crippen molar-refractivity contribution in [3.05, 3.63) is 36.0 Å². The maximum atomic E-state index is 14.3. The number of carboxylic acids is 1. The fraction of sp³-hybridized carbons (Fsp3) is 0.576. The molecule has 1 heterocycles. The van der Waals surface area contributed by atoms with Crippen LogP contribution in [0.15, 0.2) is 30.5 Å². The van der Waals surface area contributed by atoms with Gasteiger partial charge in [0.15, 0.2) is 0 Å². The number of benzene rings is 1. The van der Waals surface area contributed by atoms with E-state index in [-0.39, 0.29) is 43.6 Å². The van der Waals surface area contributed by atoms with E-state index in [1.807, 2.05) is 45.0 Å². The zero-order chi connectivity index (χ0) is 34.6. The molecule has 46 heavy (non-hydrogen) atoms. The first kappa shape index (κ1) is 37.8. The molecule has 2 unspecified atom stereocenters. The van der Waals surface area contributed by atoms with Crippen LogP contribution in [0.4, 0.5) is 0 Å². The Morgan fingerprint density at radius 1 is 0.913 bits per heavy atom. The molecule has 0 fully saturated rings. The van der Waals surface area contributed by atoms with Crippen molar-refractivity contribution in [2.75, 3.05) is 6.54 Å². The Bertz CT molecular complexity index is 1380. The van der Waals surface area contributed by atoms with E-state index < -0.39 is 53.8 Å². The van der Waals surface area contributed by atoms with E-state index in [1.165, 1.54) is 11.8 Å². The lowest BCUT2D eigenvalue weighted by Gasteiger charge is -2.34. The summed E-state index contributed by atoms with van der Waals surface area (Å²) in [4.78, 5) is 81.9. The lowest BCUT2D eigenvalue weighted by molar-refractivity contribution is -0.144. The van der Waals surface area contributed by atoms with E-state index in [2.05, 4.69) is 20.9 Å². The molecule has 2 rings (SSSR count). The van der Waals surface area contributed by atoms with Crippen molar-refractivity contribution in [3.8, 4) is 0 Å². The van der Waals surface area contributed by atoms with Gasteiger partial charge in [-0.25, -0.2) is 0 Å². The number of para-hydroxylation sites is 1. The lowest BCUT2D eigenvalue weighted by Crippen LogP contribution is -2.61. The number of amides is 5. The fourth-order valence-corrected chi connectivity index (χ4v) is 5.42. The Morgan fingerprint density at radius 2 is 1.50 bits per heavy atom. The number of nitrogens with zero attached hydrogens (tertiary/aromatic N) is 1. The van der Waals surface area contributed by atoms with Gasteiger partial charge in [0.1, 0.15) is 24.2 Å². The summed E-state index contributed by atoms with van der Waals surface area (Å²) in [5.74, 6) is -4.64. The fourth-order valence-electron chi connectivity index (χ4n) is 5.42. The van der Waals surface area contributed by atoms with Crippen molar-refractivity contribution in [2.24, 2.45) is 17.6 Å². The van der Waals surface area contributed by atoms with Crippen LogP contribution in [0, 0.1) is 11.8 Å². The highest BCUT2D eigenvalue weighted by molar-refractivity contribution is 5.96. The van der Waals surface area contributed by atoms with Gasteiger partial charge >= 0.3 is 5.97 Å². The number of hydrogen-bond donors (Lipinski definition) is 6. The normalized spacial score (nSPS) is 15.1. The highest BCUT2D eigenvalue weighted by atomic mass is 16.4. The minimum absolute atomic E-state index is 0.0434. The van der Waals surface area contributed by atoms with Crippen molar-refractivity contribution in [1.82, 2.24) is 25.8 Å². The Balaban J connectivity index is 2.53.